The van der Waals surface area contributed by atoms with Crippen molar-refractivity contribution < 1.29 is 4.79 Å². The molecule has 0 aromatic heterocycles. The van der Waals surface area contributed by atoms with Crippen LogP contribution >= 0.6 is 23.2 Å². The second-order valence-corrected chi connectivity index (χ2v) is 8.55. The zero-order chi connectivity index (χ0) is 17.2. The first-order valence-corrected chi connectivity index (χ1v) is 9.68. The molecule has 132 valence electrons. The van der Waals surface area contributed by atoms with Gasteiger partial charge in [-0.2, -0.15) is 0 Å². The molecule has 0 bridgehead atoms. The smallest absolute Gasteiger partial charge is 0.227 e. The number of piperidine rings is 1. The summed E-state index contributed by atoms with van der Waals surface area (Å²) in [5.41, 5.74) is 1.26. The van der Waals surface area contributed by atoms with Crippen LogP contribution in [-0.4, -0.2) is 30.4 Å². The Morgan fingerprint density at radius 1 is 1.21 bits per heavy atom. The van der Waals surface area contributed by atoms with Crippen molar-refractivity contribution in [2.75, 3.05) is 25.0 Å². The van der Waals surface area contributed by atoms with Gasteiger partial charge in [0.1, 0.15) is 0 Å². The molecule has 1 N–H and O–H groups in total. The van der Waals surface area contributed by atoms with Gasteiger partial charge in [0, 0.05) is 21.7 Å². The summed E-state index contributed by atoms with van der Waals surface area (Å²) in [6.07, 6.45) is 7.31. The number of likely N-dealkylation sites (tertiary alicyclic amines) is 1. The minimum atomic E-state index is 0.0818. The second kappa shape index (κ2) is 7.63. The Morgan fingerprint density at radius 3 is 2.38 bits per heavy atom. The van der Waals surface area contributed by atoms with Gasteiger partial charge in [0.15, 0.2) is 0 Å². The summed E-state index contributed by atoms with van der Waals surface area (Å²) >= 11 is 12.0. The van der Waals surface area contributed by atoms with E-state index < -0.39 is 0 Å². The van der Waals surface area contributed by atoms with E-state index in [1.807, 2.05) is 0 Å². The van der Waals surface area contributed by atoms with E-state index in [2.05, 4.69) is 17.1 Å². The predicted molar refractivity (Wildman–Crippen MR) is 101 cm³/mol. The molecule has 0 unspecified atom stereocenters. The summed E-state index contributed by atoms with van der Waals surface area (Å²) in [6.45, 7) is 5.62. The lowest BCUT2D eigenvalue weighted by Crippen LogP contribution is -2.40. The summed E-state index contributed by atoms with van der Waals surface area (Å²) in [6, 6.07) is 5.14. The highest BCUT2D eigenvalue weighted by molar-refractivity contribution is 6.35. The Morgan fingerprint density at radius 2 is 1.83 bits per heavy atom. The van der Waals surface area contributed by atoms with Crippen molar-refractivity contribution >= 4 is 34.8 Å². The van der Waals surface area contributed by atoms with E-state index in [4.69, 9.17) is 23.2 Å². The molecule has 1 aliphatic heterocycles. The molecular formula is C19H26Cl2N2O. The van der Waals surface area contributed by atoms with Crippen molar-refractivity contribution in [1.29, 1.82) is 0 Å². The van der Waals surface area contributed by atoms with Gasteiger partial charge in [-0.05, 0) is 75.4 Å². The van der Waals surface area contributed by atoms with E-state index in [0.717, 1.165) is 25.9 Å². The summed E-state index contributed by atoms with van der Waals surface area (Å²) in [5, 5.41) is 4.03. The number of nitrogens with zero attached hydrogens (tertiary/aromatic N) is 1. The standard InChI is InChI=1S/C19H26Cl2N2O/c1-19(5-2-6-19)7-10-23-8-3-14(4-9-23)18(24)22-17-12-15(20)11-16(21)13-17/h11-14H,2-10H2,1H3,(H,22,24). The Kier molecular flexibility index (Phi) is 5.74. The zero-order valence-electron chi connectivity index (χ0n) is 14.3. The number of rotatable bonds is 5. The minimum absolute atomic E-state index is 0.0818. The van der Waals surface area contributed by atoms with Gasteiger partial charge in [-0.15, -0.1) is 0 Å². The summed E-state index contributed by atoms with van der Waals surface area (Å²) in [5.74, 6) is 0.164. The molecule has 1 aromatic carbocycles. The van der Waals surface area contributed by atoms with Gasteiger partial charge in [-0.1, -0.05) is 36.5 Å². The maximum Gasteiger partial charge on any atom is 0.227 e. The SMILES string of the molecule is CC1(CCN2CCC(C(=O)Nc3cc(Cl)cc(Cl)c3)CC2)CCC1. The zero-order valence-corrected chi connectivity index (χ0v) is 15.8. The number of halogens is 2. The van der Waals surface area contributed by atoms with Crippen LogP contribution in [0.15, 0.2) is 18.2 Å². The van der Waals surface area contributed by atoms with Crippen LogP contribution in [0.2, 0.25) is 10.0 Å². The molecule has 1 heterocycles. The van der Waals surface area contributed by atoms with Gasteiger partial charge in [-0.3, -0.25) is 4.79 Å². The number of hydrogen-bond acceptors (Lipinski definition) is 2. The Hall–Kier alpha value is -0.770. The quantitative estimate of drug-likeness (QED) is 0.771. The van der Waals surface area contributed by atoms with Gasteiger partial charge in [0.25, 0.3) is 0 Å². The summed E-state index contributed by atoms with van der Waals surface area (Å²) in [4.78, 5) is 15.0. The highest BCUT2D eigenvalue weighted by Gasteiger charge is 2.32. The number of nitrogens with one attached hydrogen (secondary N) is 1. The van der Waals surface area contributed by atoms with E-state index in [-0.39, 0.29) is 11.8 Å². The van der Waals surface area contributed by atoms with Crippen LogP contribution in [0.25, 0.3) is 0 Å². The second-order valence-electron chi connectivity index (χ2n) is 7.68. The molecule has 5 heteroatoms. The molecular weight excluding hydrogens is 343 g/mol. The molecule has 1 amide bonds. The third kappa shape index (κ3) is 4.65. The van der Waals surface area contributed by atoms with E-state index in [1.54, 1.807) is 18.2 Å². The van der Waals surface area contributed by atoms with E-state index >= 15 is 0 Å². The molecule has 2 fully saturated rings. The van der Waals surface area contributed by atoms with Gasteiger partial charge in [-0.25, -0.2) is 0 Å². The first kappa shape index (κ1) is 18.0. The molecule has 1 saturated carbocycles. The number of hydrogen-bond donors (Lipinski definition) is 1. The van der Waals surface area contributed by atoms with Crippen LogP contribution in [0.5, 0.6) is 0 Å². The average molecular weight is 369 g/mol. The van der Waals surface area contributed by atoms with E-state index in [0.29, 0.717) is 21.1 Å². The Bertz CT molecular complexity index is 573. The van der Waals surface area contributed by atoms with Crippen LogP contribution < -0.4 is 5.32 Å². The van der Waals surface area contributed by atoms with Crippen LogP contribution in [0, 0.1) is 11.3 Å². The molecule has 0 atom stereocenters. The van der Waals surface area contributed by atoms with Gasteiger partial charge < -0.3 is 10.2 Å². The van der Waals surface area contributed by atoms with E-state index in [9.17, 15) is 4.79 Å². The predicted octanol–water partition coefficient (Wildman–Crippen LogP) is 5.22. The molecule has 1 aromatic rings. The van der Waals surface area contributed by atoms with Crippen LogP contribution in [0.4, 0.5) is 5.69 Å². The molecule has 1 saturated heterocycles. The molecule has 1 aliphatic carbocycles. The molecule has 24 heavy (non-hydrogen) atoms. The fraction of sp³-hybridized carbons (Fsp3) is 0.632. The highest BCUT2D eigenvalue weighted by Crippen LogP contribution is 2.43. The van der Waals surface area contributed by atoms with Gasteiger partial charge in [0.2, 0.25) is 5.91 Å². The number of benzene rings is 1. The van der Waals surface area contributed by atoms with Crippen molar-refractivity contribution in [3.05, 3.63) is 28.2 Å². The molecule has 0 spiro atoms. The number of anilines is 1. The van der Waals surface area contributed by atoms with E-state index in [1.165, 1.54) is 32.2 Å². The van der Waals surface area contributed by atoms with Gasteiger partial charge >= 0.3 is 0 Å². The lowest BCUT2D eigenvalue weighted by Gasteiger charge is -2.41. The van der Waals surface area contributed by atoms with Crippen LogP contribution in [0.1, 0.15) is 45.4 Å². The van der Waals surface area contributed by atoms with Crippen molar-refractivity contribution in [3.8, 4) is 0 Å². The Balaban J connectivity index is 1.44. The minimum Gasteiger partial charge on any atom is -0.326 e. The first-order valence-electron chi connectivity index (χ1n) is 8.93. The maximum atomic E-state index is 12.5. The molecule has 2 aliphatic rings. The normalized spacial score (nSPS) is 21.3. The molecule has 0 radical (unpaired) electrons. The van der Waals surface area contributed by atoms with Crippen molar-refractivity contribution in [2.24, 2.45) is 11.3 Å². The van der Waals surface area contributed by atoms with Crippen molar-refractivity contribution in [3.63, 3.8) is 0 Å². The molecule has 3 nitrogen and oxygen atoms in total. The lowest BCUT2D eigenvalue weighted by atomic mass is 9.68. The molecule has 3 rings (SSSR count). The van der Waals surface area contributed by atoms with Crippen LogP contribution in [0.3, 0.4) is 0 Å². The number of carbonyl (C=O) groups is 1. The average Bonchev–Trinajstić information content (AvgIpc) is 2.50. The monoisotopic (exact) mass is 368 g/mol. The highest BCUT2D eigenvalue weighted by atomic mass is 35.5. The maximum absolute atomic E-state index is 12.5. The summed E-state index contributed by atoms with van der Waals surface area (Å²) < 4.78 is 0. The number of carbonyl (C=O) groups excluding carboxylic acids is 1. The van der Waals surface area contributed by atoms with Crippen LogP contribution in [-0.2, 0) is 4.79 Å². The fourth-order valence-corrected chi connectivity index (χ4v) is 4.27. The third-order valence-corrected chi connectivity index (χ3v) is 6.12. The van der Waals surface area contributed by atoms with Crippen molar-refractivity contribution in [2.45, 2.75) is 45.4 Å². The third-order valence-electron chi connectivity index (χ3n) is 5.68. The lowest BCUT2D eigenvalue weighted by molar-refractivity contribution is -0.121. The van der Waals surface area contributed by atoms with Crippen molar-refractivity contribution in [1.82, 2.24) is 4.90 Å². The topological polar surface area (TPSA) is 32.3 Å². The fourth-order valence-electron chi connectivity index (χ4n) is 3.75. The van der Waals surface area contributed by atoms with Gasteiger partial charge in [0.05, 0.1) is 0 Å². The first-order chi connectivity index (χ1) is 11.4. The summed E-state index contributed by atoms with van der Waals surface area (Å²) in [7, 11) is 0. The largest absolute Gasteiger partial charge is 0.326 e. The number of amides is 1. The Labute approximate surface area is 154 Å².